The predicted molar refractivity (Wildman–Crippen MR) is 170 cm³/mol. The van der Waals surface area contributed by atoms with Crippen molar-refractivity contribution < 1.29 is 0 Å². The minimum atomic E-state index is 1.15. The molecule has 0 N–H and O–H groups in total. The molecule has 6 aromatic rings. The third-order valence-corrected chi connectivity index (χ3v) is 7.82. The van der Waals surface area contributed by atoms with E-state index in [4.69, 9.17) is 0 Å². The van der Waals surface area contributed by atoms with E-state index in [9.17, 15) is 0 Å². The number of hydrogen-bond donors (Lipinski definition) is 0. The van der Waals surface area contributed by atoms with E-state index in [0.29, 0.717) is 0 Å². The summed E-state index contributed by atoms with van der Waals surface area (Å²) >= 11 is 0. The Bertz CT molecular complexity index is 1810. The Balaban J connectivity index is 1.53. The van der Waals surface area contributed by atoms with Gasteiger partial charge in [0.25, 0.3) is 0 Å². The monoisotopic (exact) mass is 503 g/mol. The highest BCUT2D eigenvalue weighted by Crippen LogP contribution is 2.39. The van der Waals surface area contributed by atoms with E-state index in [1.807, 2.05) is 0 Å². The zero-order valence-corrected chi connectivity index (χ0v) is 23.1. The van der Waals surface area contributed by atoms with Crippen LogP contribution < -0.4 is 4.90 Å². The Hall–Kier alpha value is -4.62. The summed E-state index contributed by atoms with van der Waals surface area (Å²) in [5.41, 5.74) is 11.1. The quantitative estimate of drug-likeness (QED) is 0.167. The molecule has 0 saturated heterocycles. The first-order valence-corrected chi connectivity index (χ1v) is 13.6. The van der Waals surface area contributed by atoms with Gasteiger partial charge in [-0.05, 0) is 114 Å². The van der Waals surface area contributed by atoms with Crippen molar-refractivity contribution in [2.75, 3.05) is 4.90 Å². The van der Waals surface area contributed by atoms with Gasteiger partial charge in [0, 0.05) is 17.1 Å². The number of hydrogen-bond acceptors (Lipinski definition) is 1. The Kier molecular flexibility index (Phi) is 6.50. The first kappa shape index (κ1) is 24.7. The molecule has 6 aromatic carbocycles. The molecule has 0 saturated carbocycles. The summed E-state index contributed by atoms with van der Waals surface area (Å²) in [5, 5.41) is 5.19. The van der Waals surface area contributed by atoms with Crippen LogP contribution in [0.2, 0.25) is 0 Å². The van der Waals surface area contributed by atoms with Crippen LogP contribution in [0.15, 0.2) is 115 Å². The van der Waals surface area contributed by atoms with Gasteiger partial charge in [0.05, 0.1) is 0 Å². The van der Waals surface area contributed by atoms with E-state index in [1.54, 1.807) is 0 Å². The maximum absolute atomic E-state index is 2.37. The highest BCUT2D eigenvalue weighted by molar-refractivity contribution is 6.12. The van der Waals surface area contributed by atoms with Crippen LogP contribution >= 0.6 is 0 Å². The molecule has 0 spiro atoms. The number of para-hydroxylation sites is 1. The van der Waals surface area contributed by atoms with Crippen LogP contribution in [0, 0.1) is 27.7 Å². The van der Waals surface area contributed by atoms with Crippen LogP contribution in [0.3, 0.4) is 0 Å². The van der Waals surface area contributed by atoms with Gasteiger partial charge in [-0.1, -0.05) is 96.1 Å². The maximum Gasteiger partial charge on any atom is 0.0468 e. The van der Waals surface area contributed by atoms with Crippen molar-refractivity contribution >= 4 is 50.8 Å². The van der Waals surface area contributed by atoms with Crippen molar-refractivity contribution in [2.24, 2.45) is 0 Å². The van der Waals surface area contributed by atoms with Crippen LogP contribution in [0.1, 0.15) is 33.4 Å². The maximum atomic E-state index is 2.37. The van der Waals surface area contributed by atoms with Gasteiger partial charge in [-0.15, -0.1) is 0 Å². The lowest BCUT2D eigenvalue weighted by Gasteiger charge is -2.26. The van der Waals surface area contributed by atoms with Crippen molar-refractivity contribution in [2.45, 2.75) is 27.7 Å². The van der Waals surface area contributed by atoms with Crippen molar-refractivity contribution in [3.05, 3.63) is 149 Å². The molecule has 1 heteroatoms. The normalized spacial score (nSPS) is 11.5. The van der Waals surface area contributed by atoms with Crippen LogP contribution in [-0.2, 0) is 0 Å². The van der Waals surface area contributed by atoms with Crippen LogP contribution in [0.5, 0.6) is 0 Å². The summed E-state index contributed by atoms with van der Waals surface area (Å²) in [5.74, 6) is 0. The lowest BCUT2D eigenvalue weighted by atomic mass is 9.91. The molecule has 6 rings (SSSR count). The fourth-order valence-electron chi connectivity index (χ4n) is 5.43. The van der Waals surface area contributed by atoms with E-state index in [-0.39, 0.29) is 0 Å². The predicted octanol–water partition coefficient (Wildman–Crippen LogP) is 10.9. The molecule has 0 aliphatic rings. The molecule has 0 aliphatic heterocycles. The number of aryl methyl sites for hydroxylation is 4. The molecule has 0 aromatic heterocycles. The number of rotatable bonds is 5. The average molecular weight is 504 g/mol. The molecule has 0 fully saturated rings. The average Bonchev–Trinajstić information content (AvgIpc) is 2.97. The topological polar surface area (TPSA) is 3.24 Å². The zero-order chi connectivity index (χ0) is 26.9. The van der Waals surface area contributed by atoms with Crippen molar-refractivity contribution in [1.29, 1.82) is 0 Å². The van der Waals surface area contributed by atoms with E-state index < -0.39 is 0 Å². The summed E-state index contributed by atoms with van der Waals surface area (Å²) in [6.07, 6.45) is 4.42. The van der Waals surface area contributed by atoms with Gasteiger partial charge >= 0.3 is 0 Å². The summed E-state index contributed by atoms with van der Waals surface area (Å²) in [4.78, 5) is 2.35. The van der Waals surface area contributed by atoms with Crippen LogP contribution in [0.25, 0.3) is 33.7 Å². The lowest BCUT2D eigenvalue weighted by Crippen LogP contribution is -2.09. The van der Waals surface area contributed by atoms with Gasteiger partial charge in [-0.2, -0.15) is 0 Å². The van der Waals surface area contributed by atoms with Crippen molar-refractivity contribution in [1.82, 2.24) is 0 Å². The Morgan fingerprint density at radius 2 is 0.897 bits per heavy atom. The molecule has 39 heavy (non-hydrogen) atoms. The number of nitrogens with zero attached hydrogens (tertiary/aromatic N) is 1. The van der Waals surface area contributed by atoms with E-state index in [0.717, 1.165) is 17.1 Å². The highest BCUT2D eigenvalue weighted by atomic mass is 15.1. The number of fused-ring (bicyclic) bond motifs is 3. The number of benzene rings is 6. The van der Waals surface area contributed by atoms with Crippen LogP contribution in [0.4, 0.5) is 17.1 Å². The smallest absolute Gasteiger partial charge is 0.0468 e. The summed E-state index contributed by atoms with van der Waals surface area (Å²) in [6, 6.07) is 41.9. The van der Waals surface area contributed by atoms with Gasteiger partial charge in [0.1, 0.15) is 0 Å². The minimum Gasteiger partial charge on any atom is -0.310 e. The van der Waals surface area contributed by atoms with E-state index >= 15 is 0 Å². The molecule has 0 unspecified atom stereocenters. The van der Waals surface area contributed by atoms with E-state index in [1.165, 1.54) is 54.9 Å². The molecule has 0 atom stereocenters. The van der Waals surface area contributed by atoms with Gasteiger partial charge in [0.2, 0.25) is 0 Å². The third kappa shape index (κ3) is 4.84. The van der Waals surface area contributed by atoms with Gasteiger partial charge < -0.3 is 4.90 Å². The SMILES string of the molecule is Cc1ccc(/C=C/c2ccc3c(C)c(C)c4ccc(N(c5ccccc5)c5ccc(C)cc5)cc4c3c2)cc1. The molecular formula is C38H33N. The molecule has 0 radical (unpaired) electrons. The fourth-order valence-corrected chi connectivity index (χ4v) is 5.43. The van der Waals surface area contributed by atoms with Gasteiger partial charge in [0.15, 0.2) is 0 Å². The largest absolute Gasteiger partial charge is 0.310 e. The highest BCUT2D eigenvalue weighted by Gasteiger charge is 2.15. The number of anilines is 3. The van der Waals surface area contributed by atoms with Gasteiger partial charge in [-0.3, -0.25) is 0 Å². The first-order chi connectivity index (χ1) is 19.0. The fraction of sp³-hybridized carbons (Fsp3) is 0.105. The van der Waals surface area contributed by atoms with Crippen LogP contribution in [-0.4, -0.2) is 0 Å². The second-order valence-electron chi connectivity index (χ2n) is 10.5. The first-order valence-electron chi connectivity index (χ1n) is 13.6. The van der Waals surface area contributed by atoms with E-state index in [2.05, 4.69) is 160 Å². The molecule has 190 valence electrons. The molecule has 0 aliphatic carbocycles. The summed E-state index contributed by atoms with van der Waals surface area (Å²) < 4.78 is 0. The second kappa shape index (κ2) is 10.3. The molecule has 1 nitrogen and oxygen atoms in total. The molecule has 0 amide bonds. The third-order valence-electron chi connectivity index (χ3n) is 7.82. The molecule has 0 bridgehead atoms. The standard InChI is InChI=1S/C38H33N/c1-26-10-14-30(15-11-26)16-17-31-18-22-35-28(3)29(4)36-23-21-34(25-38(36)37(35)24-31)39(32-8-6-5-7-9-32)33-19-12-27(2)13-20-33/h5-25H,1-4H3/b17-16+. The summed E-state index contributed by atoms with van der Waals surface area (Å²) in [7, 11) is 0. The van der Waals surface area contributed by atoms with Crippen molar-refractivity contribution in [3.8, 4) is 0 Å². The Morgan fingerprint density at radius 1 is 0.410 bits per heavy atom. The lowest BCUT2D eigenvalue weighted by molar-refractivity contribution is 1.28. The molecule has 0 heterocycles. The van der Waals surface area contributed by atoms with Crippen molar-refractivity contribution in [3.63, 3.8) is 0 Å². The molecular weight excluding hydrogens is 470 g/mol. The minimum absolute atomic E-state index is 1.15. The second-order valence-corrected chi connectivity index (χ2v) is 10.5. The Labute approximate surface area is 231 Å². The summed E-state index contributed by atoms with van der Waals surface area (Å²) in [6.45, 7) is 8.75. The Morgan fingerprint density at radius 3 is 1.56 bits per heavy atom. The van der Waals surface area contributed by atoms with Gasteiger partial charge in [-0.25, -0.2) is 0 Å². The zero-order valence-electron chi connectivity index (χ0n) is 23.1.